The van der Waals surface area contributed by atoms with Gasteiger partial charge in [0.25, 0.3) is 5.91 Å². The van der Waals surface area contributed by atoms with Crippen LogP contribution in [0.4, 0.5) is 15.8 Å². The molecule has 0 spiro atoms. The fourth-order valence-corrected chi connectivity index (χ4v) is 3.74. The molecule has 1 aliphatic heterocycles. The molecule has 3 N–H and O–H groups in total. The van der Waals surface area contributed by atoms with Crippen LogP contribution < -0.4 is 15.5 Å². The summed E-state index contributed by atoms with van der Waals surface area (Å²) >= 11 is 11.9. The molecule has 3 rings (SSSR count). The standard InChI is InChI=1S/C19H18Cl2FN3O2/c1-10(12-7-15(22)14(21)8-13(12)20)23-11(2)19(27)25-9-18(26)24-16-5-3-4-6-17(16)25/h3-8,10-11,23H,9H2,1-2H3,(H,24,26)/p+1/t10-,11+/m0/s1. The quantitative estimate of drug-likeness (QED) is 0.760. The van der Waals surface area contributed by atoms with Gasteiger partial charge in [0.15, 0.2) is 6.04 Å². The minimum absolute atomic E-state index is 0.0429. The van der Waals surface area contributed by atoms with Crippen molar-refractivity contribution in [3.8, 4) is 0 Å². The van der Waals surface area contributed by atoms with Crippen LogP contribution >= 0.6 is 23.2 Å². The molecule has 0 aliphatic carbocycles. The number of amides is 2. The van der Waals surface area contributed by atoms with Gasteiger partial charge in [0.2, 0.25) is 5.91 Å². The number of nitrogens with one attached hydrogen (secondary N) is 1. The maximum atomic E-state index is 13.8. The highest BCUT2D eigenvalue weighted by atomic mass is 35.5. The molecule has 0 unspecified atom stereocenters. The van der Waals surface area contributed by atoms with Crippen LogP contribution in [0, 0.1) is 5.82 Å². The van der Waals surface area contributed by atoms with Crippen LogP contribution in [-0.2, 0) is 9.59 Å². The van der Waals surface area contributed by atoms with Crippen molar-refractivity contribution >= 4 is 46.4 Å². The fraction of sp³-hybridized carbons (Fsp3) is 0.263. The molecule has 0 bridgehead atoms. The number of para-hydroxylation sites is 2. The highest BCUT2D eigenvalue weighted by Crippen LogP contribution is 2.30. The van der Waals surface area contributed by atoms with Crippen molar-refractivity contribution < 1.29 is 19.3 Å². The summed E-state index contributed by atoms with van der Waals surface area (Å²) < 4.78 is 13.8. The van der Waals surface area contributed by atoms with Crippen LogP contribution in [0.2, 0.25) is 10.0 Å². The number of fused-ring (bicyclic) bond motifs is 1. The number of nitrogens with zero attached hydrogens (tertiary/aromatic N) is 1. The lowest BCUT2D eigenvalue weighted by molar-refractivity contribution is -0.710. The number of rotatable bonds is 4. The summed E-state index contributed by atoms with van der Waals surface area (Å²) in [7, 11) is 0. The van der Waals surface area contributed by atoms with Gasteiger partial charge in [-0.2, -0.15) is 0 Å². The Morgan fingerprint density at radius 1 is 1.22 bits per heavy atom. The van der Waals surface area contributed by atoms with E-state index in [0.717, 1.165) is 0 Å². The molecular formula is C19H19Cl2FN3O2+. The molecule has 27 heavy (non-hydrogen) atoms. The number of carbonyl (C=O) groups excluding carboxylic acids is 2. The second-order valence-electron chi connectivity index (χ2n) is 6.55. The van der Waals surface area contributed by atoms with Gasteiger partial charge in [-0.1, -0.05) is 35.3 Å². The third-order valence-corrected chi connectivity index (χ3v) is 5.15. The van der Waals surface area contributed by atoms with Gasteiger partial charge in [-0.25, -0.2) is 4.39 Å². The molecule has 2 aromatic carbocycles. The molecule has 142 valence electrons. The molecule has 0 saturated heterocycles. The van der Waals surface area contributed by atoms with Gasteiger partial charge >= 0.3 is 0 Å². The third-order valence-electron chi connectivity index (χ3n) is 4.53. The van der Waals surface area contributed by atoms with Crippen molar-refractivity contribution in [1.29, 1.82) is 0 Å². The Labute approximate surface area is 166 Å². The fourth-order valence-electron chi connectivity index (χ4n) is 3.18. The second kappa shape index (κ2) is 7.84. The summed E-state index contributed by atoms with van der Waals surface area (Å²) in [5.41, 5.74) is 1.81. The predicted octanol–water partition coefficient (Wildman–Crippen LogP) is 3.13. The lowest BCUT2D eigenvalue weighted by atomic mass is 10.1. The van der Waals surface area contributed by atoms with Crippen LogP contribution in [0.1, 0.15) is 25.5 Å². The Morgan fingerprint density at radius 3 is 2.67 bits per heavy atom. The number of quaternary nitrogens is 1. The van der Waals surface area contributed by atoms with Gasteiger partial charge in [0.05, 0.1) is 21.4 Å². The number of nitrogens with two attached hydrogens (primary N) is 1. The Kier molecular flexibility index (Phi) is 5.69. The minimum Gasteiger partial charge on any atom is -0.330 e. The van der Waals surface area contributed by atoms with Gasteiger partial charge in [0, 0.05) is 5.56 Å². The maximum absolute atomic E-state index is 13.8. The first-order valence-corrected chi connectivity index (χ1v) is 9.23. The van der Waals surface area contributed by atoms with E-state index in [2.05, 4.69) is 5.32 Å². The van der Waals surface area contributed by atoms with Crippen molar-refractivity contribution in [2.24, 2.45) is 0 Å². The predicted molar refractivity (Wildman–Crippen MR) is 104 cm³/mol. The van der Waals surface area contributed by atoms with Crippen molar-refractivity contribution in [1.82, 2.24) is 0 Å². The Hall–Kier alpha value is -2.15. The molecule has 5 nitrogen and oxygen atoms in total. The molecule has 0 aromatic heterocycles. The summed E-state index contributed by atoms with van der Waals surface area (Å²) in [5.74, 6) is -1.02. The molecule has 0 fully saturated rings. The molecule has 2 aromatic rings. The third kappa shape index (κ3) is 4.08. The first-order valence-electron chi connectivity index (χ1n) is 8.47. The van der Waals surface area contributed by atoms with Gasteiger partial charge in [-0.15, -0.1) is 0 Å². The number of halogens is 3. The van der Waals surface area contributed by atoms with Gasteiger partial charge < -0.3 is 10.6 Å². The highest BCUT2D eigenvalue weighted by molar-refractivity contribution is 6.35. The molecule has 1 aliphatic rings. The average molecular weight is 411 g/mol. The summed E-state index contributed by atoms with van der Waals surface area (Å²) in [6.45, 7) is 3.53. The largest absolute Gasteiger partial charge is 0.330 e. The molecule has 0 saturated carbocycles. The van der Waals surface area contributed by atoms with Crippen LogP contribution in [0.5, 0.6) is 0 Å². The smallest absolute Gasteiger partial charge is 0.285 e. The zero-order valence-electron chi connectivity index (χ0n) is 14.8. The van der Waals surface area contributed by atoms with E-state index in [1.54, 1.807) is 30.4 Å². The molecule has 0 radical (unpaired) electrons. The first-order chi connectivity index (χ1) is 12.8. The number of hydrogen-bond acceptors (Lipinski definition) is 2. The Morgan fingerprint density at radius 2 is 1.93 bits per heavy atom. The Balaban J connectivity index is 1.78. The number of hydrogen-bond donors (Lipinski definition) is 2. The monoisotopic (exact) mass is 410 g/mol. The number of anilines is 2. The summed E-state index contributed by atoms with van der Waals surface area (Å²) in [6.07, 6.45) is 0. The maximum Gasteiger partial charge on any atom is 0.285 e. The van der Waals surface area contributed by atoms with Gasteiger partial charge in [-0.3, -0.25) is 14.5 Å². The van der Waals surface area contributed by atoms with E-state index in [4.69, 9.17) is 23.2 Å². The lowest BCUT2D eigenvalue weighted by Crippen LogP contribution is -2.92. The molecule has 2 amide bonds. The van der Waals surface area contributed by atoms with E-state index < -0.39 is 11.9 Å². The van der Waals surface area contributed by atoms with Crippen molar-refractivity contribution in [3.05, 3.63) is 57.8 Å². The second-order valence-corrected chi connectivity index (χ2v) is 7.36. The first kappa shape index (κ1) is 19.6. The minimum atomic E-state index is -0.558. The van der Waals surface area contributed by atoms with Gasteiger partial charge in [-0.05, 0) is 38.1 Å². The van der Waals surface area contributed by atoms with Crippen molar-refractivity contribution in [2.45, 2.75) is 25.9 Å². The number of benzene rings is 2. The SMILES string of the molecule is C[C@H]([NH2+][C@H](C)C(=O)N1CC(=O)Nc2ccccc21)c1cc(F)c(Cl)cc1Cl. The zero-order valence-corrected chi connectivity index (χ0v) is 16.3. The van der Waals surface area contributed by atoms with Crippen LogP contribution in [0.3, 0.4) is 0 Å². The van der Waals surface area contributed by atoms with Gasteiger partial charge in [0.1, 0.15) is 18.4 Å². The summed E-state index contributed by atoms with van der Waals surface area (Å²) in [5, 5.41) is 4.83. The summed E-state index contributed by atoms with van der Waals surface area (Å²) in [4.78, 5) is 26.4. The van der Waals surface area contributed by atoms with E-state index in [9.17, 15) is 14.0 Å². The van der Waals surface area contributed by atoms with Crippen molar-refractivity contribution in [2.75, 3.05) is 16.8 Å². The molecular weight excluding hydrogens is 392 g/mol. The van der Waals surface area contributed by atoms with Crippen molar-refractivity contribution in [3.63, 3.8) is 0 Å². The molecule has 1 heterocycles. The van der Waals surface area contributed by atoms with E-state index in [-0.39, 0.29) is 29.4 Å². The topological polar surface area (TPSA) is 66.0 Å². The average Bonchev–Trinajstić information content (AvgIpc) is 2.63. The number of carbonyl (C=O) groups is 2. The Bertz CT molecular complexity index is 907. The van der Waals surface area contributed by atoms with Crippen LogP contribution in [-0.4, -0.2) is 24.4 Å². The molecule has 2 atom stereocenters. The van der Waals surface area contributed by atoms with E-state index >= 15 is 0 Å². The van der Waals surface area contributed by atoms with E-state index in [1.807, 2.05) is 13.0 Å². The summed E-state index contributed by atoms with van der Waals surface area (Å²) in [6, 6.07) is 8.99. The lowest BCUT2D eigenvalue weighted by Gasteiger charge is -2.30. The molecule has 8 heteroatoms. The zero-order chi connectivity index (χ0) is 19.7. The highest BCUT2D eigenvalue weighted by Gasteiger charge is 2.32. The van der Waals surface area contributed by atoms with E-state index in [0.29, 0.717) is 22.0 Å². The van der Waals surface area contributed by atoms with Crippen LogP contribution in [0.25, 0.3) is 0 Å². The normalized spacial score (nSPS) is 15.7. The van der Waals surface area contributed by atoms with Crippen LogP contribution in [0.15, 0.2) is 36.4 Å². The van der Waals surface area contributed by atoms with E-state index in [1.165, 1.54) is 17.0 Å².